The van der Waals surface area contributed by atoms with Crippen LogP contribution in [-0.4, -0.2) is 63.8 Å². The molecule has 1 aromatic heterocycles. The smallest absolute Gasteiger partial charge is 0.404 e. The lowest BCUT2D eigenvalue weighted by molar-refractivity contribution is -0.142. The first-order valence-corrected chi connectivity index (χ1v) is 17.8. The van der Waals surface area contributed by atoms with E-state index in [1.165, 1.54) is 6.42 Å². The van der Waals surface area contributed by atoms with E-state index in [-0.39, 0.29) is 35.5 Å². The summed E-state index contributed by atoms with van der Waals surface area (Å²) in [7, 11) is 0. The minimum absolute atomic E-state index is 0.0134. The molecule has 3 amide bonds. The van der Waals surface area contributed by atoms with E-state index >= 15 is 0 Å². The first kappa shape index (κ1) is 31.9. The van der Waals surface area contributed by atoms with E-state index in [1.54, 1.807) is 0 Å². The monoisotopic (exact) mass is 650 g/mol. The van der Waals surface area contributed by atoms with Gasteiger partial charge in [-0.1, -0.05) is 38.5 Å². The maximum absolute atomic E-state index is 14.2. The first-order valence-electron chi connectivity index (χ1n) is 17.8. The van der Waals surface area contributed by atoms with Gasteiger partial charge in [-0.3, -0.25) is 14.2 Å². The minimum Gasteiger partial charge on any atom is -0.465 e. The molecule has 0 radical (unpaired) electrons. The average Bonchev–Trinajstić information content (AvgIpc) is 3.77. The van der Waals surface area contributed by atoms with Crippen molar-refractivity contribution in [3.8, 4) is 0 Å². The standard InChI is InChI=1S/C36H47FN4O6/c37-21-28(39-35(45)46)23-9-11-24(12-10-23)33(43)40-18-15-27(22-7-3-1-4-8-22)31(40)32(42)38-26-13-14-29-25(19-26)20-30-34(44)47-36(41(29)30)16-5-2-6-17-36/h13-14,19-20,22-24,27-28,31,39H,1-12,15-18,21H2,(H,38,42)(H,45,46)/t23-,24-,27-,28+,31-/m0/s1. The number of hydrogen-bond donors (Lipinski definition) is 3. The fourth-order valence-corrected chi connectivity index (χ4v) is 9.70. The summed E-state index contributed by atoms with van der Waals surface area (Å²) in [6, 6.07) is 6.31. The van der Waals surface area contributed by atoms with Crippen molar-refractivity contribution in [2.24, 2.45) is 23.7 Å². The number of benzene rings is 1. The maximum Gasteiger partial charge on any atom is 0.404 e. The zero-order chi connectivity index (χ0) is 32.7. The highest BCUT2D eigenvalue weighted by atomic mass is 19.1. The maximum atomic E-state index is 14.2. The summed E-state index contributed by atoms with van der Waals surface area (Å²) in [6.07, 6.45) is 12.2. The van der Waals surface area contributed by atoms with Crippen LogP contribution in [0, 0.1) is 23.7 Å². The van der Waals surface area contributed by atoms with Gasteiger partial charge in [-0.15, -0.1) is 0 Å². The molecule has 0 bridgehead atoms. The average molecular weight is 651 g/mol. The Kier molecular flexibility index (Phi) is 8.91. The first-order chi connectivity index (χ1) is 22.8. The summed E-state index contributed by atoms with van der Waals surface area (Å²) in [5, 5.41) is 15.4. The number of hydrogen-bond acceptors (Lipinski definition) is 5. The lowest BCUT2D eigenvalue weighted by atomic mass is 9.76. The number of ether oxygens (including phenoxy) is 1. The Morgan fingerprint density at radius 3 is 2.38 bits per heavy atom. The van der Waals surface area contributed by atoms with Crippen LogP contribution in [0.5, 0.6) is 0 Å². The lowest BCUT2D eigenvalue weighted by Gasteiger charge is -2.37. The Morgan fingerprint density at radius 2 is 1.68 bits per heavy atom. The number of aromatic nitrogens is 1. The zero-order valence-electron chi connectivity index (χ0n) is 27.1. The SMILES string of the molecule is O=C(O)N[C@H](CF)[C@H]1CC[C@H](C(=O)N2CC[C@@H](C3CCCCC3)[C@H]2C(=O)Nc2ccc3c(c2)cc2n3C3(CCCCC3)OC2=O)CC1. The van der Waals surface area contributed by atoms with E-state index in [1.807, 2.05) is 29.2 Å². The van der Waals surface area contributed by atoms with Gasteiger partial charge in [0.05, 0.1) is 11.6 Å². The van der Waals surface area contributed by atoms with Crippen molar-refractivity contribution in [2.45, 2.75) is 114 Å². The second-order valence-electron chi connectivity index (χ2n) is 14.7. The Balaban J connectivity index is 1.09. The molecular weight excluding hydrogens is 603 g/mol. The zero-order valence-corrected chi connectivity index (χ0v) is 27.1. The molecule has 3 aliphatic carbocycles. The van der Waals surface area contributed by atoms with Gasteiger partial charge in [-0.2, -0.15) is 0 Å². The molecule has 3 atom stereocenters. The highest BCUT2D eigenvalue weighted by Gasteiger charge is 2.48. The highest BCUT2D eigenvalue weighted by molar-refractivity contribution is 6.02. The van der Waals surface area contributed by atoms with Gasteiger partial charge in [0.1, 0.15) is 18.4 Å². The third kappa shape index (κ3) is 5.99. The van der Waals surface area contributed by atoms with Gasteiger partial charge in [-0.25, -0.2) is 14.0 Å². The Labute approximate surface area is 274 Å². The summed E-state index contributed by atoms with van der Waals surface area (Å²) in [4.78, 5) is 54.1. The van der Waals surface area contributed by atoms with Gasteiger partial charge in [-0.05, 0) is 87.0 Å². The fourth-order valence-electron chi connectivity index (χ4n) is 9.70. The lowest BCUT2D eigenvalue weighted by Crippen LogP contribution is -2.50. The number of amides is 3. The number of nitrogens with zero attached hydrogens (tertiary/aromatic N) is 2. The molecule has 7 rings (SSSR count). The number of fused-ring (bicyclic) bond motifs is 4. The van der Waals surface area contributed by atoms with Crippen molar-refractivity contribution < 1.29 is 33.4 Å². The van der Waals surface area contributed by atoms with Crippen molar-refractivity contribution in [3.63, 3.8) is 0 Å². The number of carbonyl (C=O) groups excluding carboxylic acids is 3. The molecule has 254 valence electrons. The van der Waals surface area contributed by atoms with Crippen LogP contribution in [0.25, 0.3) is 10.9 Å². The van der Waals surface area contributed by atoms with Crippen LogP contribution in [0.1, 0.15) is 107 Å². The van der Waals surface area contributed by atoms with E-state index in [4.69, 9.17) is 9.84 Å². The van der Waals surface area contributed by atoms with Crippen molar-refractivity contribution in [2.75, 3.05) is 18.5 Å². The molecule has 47 heavy (non-hydrogen) atoms. The van der Waals surface area contributed by atoms with Gasteiger partial charge in [0, 0.05) is 36.4 Å². The van der Waals surface area contributed by atoms with E-state index in [2.05, 4.69) is 15.2 Å². The number of anilines is 1. The predicted molar refractivity (Wildman–Crippen MR) is 174 cm³/mol. The number of nitrogens with one attached hydrogen (secondary N) is 2. The molecule has 0 unspecified atom stereocenters. The van der Waals surface area contributed by atoms with Gasteiger partial charge in [0.15, 0.2) is 5.72 Å². The van der Waals surface area contributed by atoms with Crippen LogP contribution in [-0.2, 0) is 20.1 Å². The fraction of sp³-hybridized carbons (Fsp3) is 0.667. The van der Waals surface area contributed by atoms with Gasteiger partial charge in [0.2, 0.25) is 11.8 Å². The third-order valence-electron chi connectivity index (χ3n) is 12.0. The number of alkyl halides is 1. The second kappa shape index (κ2) is 13.1. The largest absolute Gasteiger partial charge is 0.465 e. The Morgan fingerprint density at radius 1 is 0.957 bits per heavy atom. The summed E-state index contributed by atoms with van der Waals surface area (Å²) in [6.45, 7) is -0.225. The molecule has 2 aromatic rings. The minimum atomic E-state index is -1.23. The number of esters is 1. The van der Waals surface area contributed by atoms with E-state index < -0.39 is 30.6 Å². The molecule has 11 heteroatoms. The molecule has 1 spiro atoms. The van der Waals surface area contributed by atoms with Crippen molar-refractivity contribution >= 4 is 40.5 Å². The second-order valence-corrected chi connectivity index (χ2v) is 14.7. The highest BCUT2D eigenvalue weighted by Crippen LogP contribution is 2.46. The topological polar surface area (TPSA) is 130 Å². The summed E-state index contributed by atoms with van der Waals surface area (Å²) < 4.78 is 21.6. The van der Waals surface area contributed by atoms with Crippen LogP contribution in [0.4, 0.5) is 14.9 Å². The number of carbonyl (C=O) groups is 4. The molecule has 1 aromatic carbocycles. The quantitative estimate of drug-likeness (QED) is 0.291. The van der Waals surface area contributed by atoms with Crippen LogP contribution in [0.15, 0.2) is 24.3 Å². The number of carboxylic acid groups (broad SMARTS) is 1. The van der Waals surface area contributed by atoms with Crippen LogP contribution >= 0.6 is 0 Å². The molecular formula is C36H47FN4O6. The number of likely N-dealkylation sites (tertiary alicyclic amines) is 1. The normalized spacial score (nSPS) is 28.2. The molecule has 10 nitrogen and oxygen atoms in total. The summed E-state index contributed by atoms with van der Waals surface area (Å²) in [5.74, 6) is -0.393. The molecule has 1 saturated heterocycles. The molecule has 3 saturated carbocycles. The van der Waals surface area contributed by atoms with Crippen molar-refractivity contribution in [1.82, 2.24) is 14.8 Å². The third-order valence-corrected chi connectivity index (χ3v) is 12.0. The predicted octanol–water partition coefficient (Wildman–Crippen LogP) is 6.58. The van der Waals surface area contributed by atoms with Crippen molar-refractivity contribution in [3.05, 3.63) is 30.0 Å². The molecule has 3 heterocycles. The summed E-state index contributed by atoms with van der Waals surface area (Å²) in [5.41, 5.74) is 1.51. The van der Waals surface area contributed by atoms with E-state index in [0.29, 0.717) is 49.5 Å². The van der Waals surface area contributed by atoms with E-state index in [9.17, 15) is 23.6 Å². The van der Waals surface area contributed by atoms with Gasteiger partial charge >= 0.3 is 12.1 Å². The molecule has 3 N–H and O–H groups in total. The molecule has 2 aliphatic heterocycles. The van der Waals surface area contributed by atoms with Gasteiger partial charge < -0.3 is 25.4 Å². The van der Waals surface area contributed by atoms with Gasteiger partial charge in [0.25, 0.3) is 0 Å². The van der Waals surface area contributed by atoms with E-state index in [0.717, 1.165) is 75.1 Å². The molecule has 4 fully saturated rings. The van der Waals surface area contributed by atoms with Crippen LogP contribution in [0.3, 0.4) is 0 Å². The Bertz CT molecular complexity index is 1520. The van der Waals surface area contributed by atoms with Crippen molar-refractivity contribution in [1.29, 1.82) is 0 Å². The van der Waals surface area contributed by atoms with Crippen LogP contribution < -0.4 is 10.6 Å². The number of halogens is 1. The number of rotatable bonds is 7. The van der Waals surface area contributed by atoms with Crippen LogP contribution in [0.2, 0.25) is 0 Å². The Hall–Kier alpha value is -3.63. The summed E-state index contributed by atoms with van der Waals surface area (Å²) >= 11 is 0. The molecule has 5 aliphatic rings.